The van der Waals surface area contributed by atoms with Gasteiger partial charge in [-0.15, -0.1) is 5.10 Å². The van der Waals surface area contributed by atoms with Gasteiger partial charge in [0, 0.05) is 20.6 Å². The van der Waals surface area contributed by atoms with Gasteiger partial charge in [0.15, 0.2) is 0 Å². The van der Waals surface area contributed by atoms with Gasteiger partial charge in [0.2, 0.25) is 5.82 Å². The monoisotopic (exact) mass is 242 g/mol. The maximum absolute atomic E-state index is 10.8. The Bertz CT molecular complexity index is 442. The molecule has 0 radical (unpaired) electrons. The molecule has 0 saturated heterocycles. The molecule has 0 fully saturated rings. The standard InChI is InChI=1S/C9H14N4O4/c1-6(9(14)15)4-11(2)8-7(13(16)17)5-12(3)10-8/h5-6H,4H2,1-3H3,(H,14,15). The number of carboxylic acid groups (broad SMARTS) is 1. The summed E-state index contributed by atoms with van der Waals surface area (Å²) in [5, 5.41) is 23.5. The molecule has 8 heteroatoms. The summed E-state index contributed by atoms with van der Waals surface area (Å²) < 4.78 is 1.33. The average molecular weight is 242 g/mol. The Kier molecular flexibility index (Phi) is 3.66. The van der Waals surface area contributed by atoms with Crippen LogP contribution in [-0.4, -0.2) is 39.4 Å². The highest BCUT2D eigenvalue weighted by atomic mass is 16.6. The van der Waals surface area contributed by atoms with Gasteiger partial charge in [0.05, 0.1) is 10.8 Å². The lowest BCUT2D eigenvalue weighted by molar-refractivity contribution is -0.384. The van der Waals surface area contributed by atoms with E-state index < -0.39 is 16.8 Å². The molecule has 0 aliphatic heterocycles. The molecule has 1 N–H and O–H groups in total. The van der Waals surface area contributed by atoms with Crippen molar-refractivity contribution < 1.29 is 14.8 Å². The van der Waals surface area contributed by atoms with Crippen molar-refractivity contribution in [1.82, 2.24) is 9.78 Å². The molecule has 1 heterocycles. The van der Waals surface area contributed by atoms with Gasteiger partial charge < -0.3 is 10.0 Å². The van der Waals surface area contributed by atoms with Crippen molar-refractivity contribution in [1.29, 1.82) is 0 Å². The molecule has 1 rings (SSSR count). The lowest BCUT2D eigenvalue weighted by Gasteiger charge is -2.17. The van der Waals surface area contributed by atoms with E-state index in [0.29, 0.717) is 0 Å². The summed E-state index contributed by atoms with van der Waals surface area (Å²) in [5.74, 6) is -1.40. The summed E-state index contributed by atoms with van der Waals surface area (Å²) in [6, 6.07) is 0. The molecule has 0 aliphatic carbocycles. The largest absolute Gasteiger partial charge is 0.481 e. The van der Waals surface area contributed by atoms with Gasteiger partial charge in [-0.2, -0.15) is 0 Å². The first-order chi connectivity index (χ1) is 7.82. The van der Waals surface area contributed by atoms with Crippen molar-refractivity contribution in [2.45, 2.75) is 6.92 Å². The van der Waals surface area contributed by atoms with Crippen molar-refractivity contribution in [3.63, 3.8) is 0 Å². The van der Waals surface area contributed by atoms with Gasteiger partial charge in [0.25, 0.3) is 0 Å². The lowest BCUT2D eigenvalue weighted by atomic mass is 10.2. The van der Waals surface area contributed by atoms with Crippen molar-refractivity contribution in [2.75, 3.05) is 18.5 Å². The van der Waals surface area contributed by atoms with Crippen molar-refractivity contribution in [3.8, 4) is 0 Å². The maximum atomic E-state index is 10.8. The molecule has 0 bridgehead atoms. The normalized spacial score (nSPS) is 12.2. The predicted molar refractivity (Wildman–Crippen MR) is 59.9 cm³/mol. The van der Waals surface area contributed by atoms with Crippen LogP contribution in [0.1, 0.15) is 6.92 Å². The third-order valence-corrected chi connectivity index (χ3v) is 2.32. The van der Waals surface area contributed by atoms with Gasteiger partial charge in [-0.1, -0.05) is 6.92 Å². The highest BCUT2D eigenvalue weighted by Crippen LogP contribution is 2.25. The number of rotatable bonds is 5. The van der Waals surface area contributed by atoms with Gasteiger partial charge in [0.1, 0.15) is 6.20 Å². The Labute approximate surface area is 97.6 Å². The number of aliphatic carboxylic acids is 1. The summed E-state index contributed by atoms with van der Waals surface area (Å²) in [6.45, 7) is 1.70. The van der Waals surface area contributed by atoms with Crippen LogP contribution in [0.3, 0.4) is 0 Å². The quantitative estimate of drug-likeness (QED) is 0.595. The number of hydrogen-bond donors (Lipinski definition) is 1. The van der Waals surface area contributed by atoms with Crippen LogP contribution >= 0.6 is 0 Å². The number of aryl methyl sites for hydroxylation is 1. The number of carbonyl (C=O) groups is 1. The molecule has 8 nitrogen and oxygen atoms in total. The third-order valence-electron chi connectivity index (χ3n) is 2.32. The molecule has 1 unspecified atom stereocenters. The first-order valence-electron chi connectivity index (χ1n) is 4.95. The summed E-state index contributed by atoms with van der Waals surface area (Å²) in [7, 11) is 3.15. The molecular weight excluding hydrogens is 228 g/mol. The van der Waals surface area contributed by atoms with E-state index >= 15 is 0 Å². The highest BCUT2D eigenvalue weighted by molar-refractivity contribution is 5.70. The number of nitrogens with zero attached hydrogens (tertiary/aromatic N) is 4. The Morgan fingerprint density at radius 3 is 2.82 bits per heavy atom. The average Bonchev–Trinajstić information content (AvgIpc) is 2.60. The molecule has 17 heavy (non-hydrogen) atoms. The minimum atomic E-state index is -0.949. The van der Waals surface area contributed by atoms with Crippen molar-refractivity contribution in [3.05, 3.63) is 16.3 Å². The van der Waals surface area contributed by atoms with E-state index in [0.717, 1.165) is 0 Å². The summed E-state index contributed by atoms with van der Waals surface area (Å²) in [5.41, 5.74) is -0.132. The van der Waals surface area contributed by atoms with E-state index in [9.17, 15) is 14.9 Å². The number of hydrogen-bond acceptors (Lipinski definition) is 5. The zero-order valence-electron chi connectivity index (χ0n) is 9.82. The third kappa shape index (κ3) is 2.92. The first kappa shape index (κ1) is 12.9. The zero-order valence-corrected chi connectivity index (χ0v) is 9.82. The molecule has 1 aromatic rings. The van der Waals surface area contributed by atoms with Crippen LogP contribution in [0, 0.1) is 16.0 Å². The first-order valence-corrected chi connectivity index (χ1v) is 4.95. The predicted octanol–water partition coefficient (Wildman–Crippen LogP) is 0.485. The van der Waals surface area contributed by atoms with Crippen LogP contribution in [0.5, 0.6) is 0 Å². The molecule has 0 aliphatic rings. The number of anilines is 1. The Morgan fingerprint density at radius 1 is 1.76 bits per heavy atom. The second-order valence-electron chi connectivity index (χ2n) is 3.89. The SMILES string of the molecule is CC(CN(C)c1nn(C)cc1[N+](=O)[O-])C(=O)O. The fraction of sp³-hybridized carbons (Fsp3) is 0.556. The molecule has 0 aromatic carbocycles. The number of nitro groups is 1. The van der Waals surface area contributed by atoms with E-state index in [1.807, 2.05) is 0 Å². The fourth-order valence-electron chi connectivity index (χ4n) is 1.44. The van der Waals surface area contributed by atoms with Gasteiger partial charge in [-0.05, 0) is 0 Å². The summed E-state index contributed by atoms with van der Waals surface area (Å²) >= 11 is 0. The number of carboxylic acids is 1. The van der Waals surface area contributed by atoms with Gasteiger partial charge >= 0.3 is 11.7 Å². The van der Waals surface area contributed by atoms with Crippen LogP contribution in [-0.2, 0) is 11.8 Å². The Hall–Kier alpha value is -2.12. The highest BCUT2D eigenvalue weighted by Gasteiger charge is 2.24. The molecule has 1 aromatic heterocycles. The lowest BCUT2D eigenvalue weighted by Crippen LogP contribution is -2.29. The van der Waals surface area contributed by atoms with E-state index in [2.05, 4.69) is 5.10 Å². The van der Waals surface area contributed by atoms with E-state index in [-0.39, 0.29) is 18.1 Å². The minimum Gasteiger partial charge on any atom is -0.481 e. The van der Waals surface area contributed by atoms with Crippen molar-refractivity contribution in [2.24, 2.45) is 13.0 Å². The molecular formula is C9H14N4O4. The zero-order chi connectivity index (χ0) is 13.2. The smallest absolute Gasteiger partial charge is 0.330 e. The van der Waals surface area contributed by atoms with Crippen LogP contribution < -0.4 is 4.90 Å². The second kappa shape index (κ2) is 4.81. The number of aromatic nitrogens is 2. The fourth-order valence-corrected chi connectivity index (χ4v) is 1.44. The summed E-state index contributed by atoms with van der Waals surface area (Å²) in [6.07, 6.45) is 1.29. The van der Waals surface area contributed by atoms with Gasteiger partial charge in [-0.25, -0.2) is 0 Å². The maximum Gasteiger partial charge on any atom is 0.330 e. The molecule has 0 saturated carbocycles. The Morgan fingerprint density at radius 2 is 2.35 bits per heavy atom. The molecule has 94 valence electrons. The van der Waals surface area contributed by atoms with Crippen LogP contribution in [0.15, 0.2) is 6.20 Å². The van der Waals surface area contributed by atoms with Gasteiger partial charge in [-0.3, -0.25) is 19.6 Å². The van der Waals surface area contributed by atoms with Crippen LogP contribution in [0.2, 0.25) is 0 Å². The van der Waals surface area contributed by atoms with Crippen molar-refractivity contribution >= 4 is 17.5 Å². The molecule has 0 spiro atoms. The molecule has 1 atom stereocenters. The molecule has 0 amide bonds. The summed E-state index contributed by atoms with van der Waals surface area (Å²) in [4.78, 5) is 22.4. The van der Waals surface area contributed by atoms with E-state index in [1.165, 1.54) is 22.7 Å². The van der Waals surface area contributed by atoms with Crippen LogP contribution in [0.4, 0.5) is 11.5 Å². The topological polar surface area (TPSA) is 102 Å². The minimum absolute atomic E-state index is 0.132. The van der Waals surface area contributed by atoms with E-state index in [4.69, 9.17) is 5.11 Å². The van der Waals surface area contributed by atoms with E-state index in [1.54, 1.807) is 14.1 Å². The second-order valence-corrected chi connectivity index (χ2v) is 3.89. The Balaban J connectivity index is 2.92. The van der Waals surface area contributed by atoms with Crippen LogP contribution in [0.25, 0.3) is 0 Å².